The number of halogens is 3. The second kappa shape index (κ2) is 5.25. The molecule has 1 heterocycles. The number of hydrogen-bond acceptors (Lipinski definition) is 1. The summed E-state index contributed by atoms with van der Waals surface area (Å²) in [6.07, 6.45) is 0. The zero-order chi connectivity index (χ0) is 14.3. The molecule has 0 unspecified atom stereocenters. The van der Waals surface area contributed by atoms with Crippen LogP contribution in [0.2, 0.25) is 15.2 Å². The van der Waals surface area contributed by atoms with Gasteiger partial charge in [0.1, 0.15) is 5.15 Å². The van der Waals surface area contributed by atoms with Crippen molar-refractivity contribution in [2.45, 2.75) is 0 Å². The molecule has 4 heteroatoms. The summed E-state index contributed by atoms with van der Waals surface area (Å²) in [5.74, 6) is 0. The van der Waals surface area contributed by atoms with Gasteiger partial charge in [0.15, 0.2) is 0 Å². The molecule has 1 radical (unpaired) electrons. The van der Waals surface area contributed by atoms with E-state index in [0.29, 0.717) is 26.3 Å². The summed E-state index contributed by atoms with van der Waals surface area (Å²) in [5.41, 5.74) is 3.21. The maximum Gasteiger partial charge on any atom is 0.133 e. The molecule has 0 saturated carbocycles. The standard InChI is InChI=1S/C16H9Cl3N/c1-9-14(10-5-3-2-4-6-10)12-7-11(17)8-13(18)15(12)20-16(9)19/h2-8H,1H2. The van der Waals surface area contributed by atoms with Gasteiger partial charge in [-0.25, -0.2) is 4.98 Å². The Bertz CT molecular complexity index is 798. The maximum absolute atomic E-state index is 6.22. The zero-order valence-corrected chi connectivity index (χ0v) is 12.6. The van der Waals surface area contributed by atoms with Gasteiger partial charge in [-0.3, -0.25) is 0 Å². The molecular weight excluding hydrogens is 313 g/mol. The van der Waals surface area contributed by atoms with E-state index >= 15 is 0 Å². The van der Waals surface area contributed by atoms with Crippen LogP contribution < -0.4 is 0 Å². The van der Waals surface area contributed by atoms with Gasteiger partial charge in [0, 0.05) is 10.4 Å². The Labute approximate surface area is 132 Å². The van der Waals surface area contributed by atoms with Gasteiger partial charge in [0.25, 0.3) is 0 Å². The Hall–Kier alpha value is -1.28. The van der Waals surface area contributed by atoms with Crippen molar-refractivity contribution in [1.29, 1.82) is 0 Å². The van der Waals surface area contributed by atoms with Crippen molar-refractivity contribution >= 4 is 45.7 Å². The Kier molecular flexibility index (Phi) is 3.59. The van der Waals surface area contributed by atoms with Gasteiger partial charge in [0.2, 0.25) is 0 Å². The lowest BCUT2D eigenvalue weighted by Gasteiger charge is -2.13. The van der Waals surface area contributed by atoms with E-state index in [2.05, 4.69) is 11.9 Å². The smallest absolute Gasteiger partial charge is 0.133 e. The SMILES string of the molecule is [CH2]c1c(Cl)nc2c(Cl)cc(Cl)cc2c1-c1ccccc1. The highest BCUT2D eigenvalue weighted by molar-refractivity contribution is 6.39. The molecule has 99 valence electrons. The molecule has 0 fully saturated rings. The van der Waals surface area contributed by atoms with Crippen molar-refractivity contribution < 1.29 is 0 Å². The zero-order valence-electron chi connectivity index (χ0n) is 10.3. The second-order valence-electron chi connectivity index (χ2n) is 4.41. The van der Waals surface area contributed by atoms with Crippen LogP contribution in [0.3, 0.4) is 0 Å². The van der Waals surface area contributed by atoms with Crippen LogP contribution in [0.1, 0.15) is 5.56 Å². The first-order valence-corrected chi connectivity index (χ1v) is 7.07. The van der Waals surface area contributed by atoms with Gasteiger partial charge in [-0.2, -0.15) is 0 Å². The Balaban J connectivity index is 2.49. The van der Waals surface area contributed by atoms with E-state index in [-0.39, 0.29) is 0 Å². The number of pyridine rings is 1. The van der Waals surface area contributed by atoms with E-state index in [9.17, 15) is 0 Å². The topological polar surface area (TPSA) is 12.9 Å². The van der Waals surface area contributed by atoms with E-state index in [1.165, 1.54) is 0 Å². The lowest BCUT2D eigenvalue weighted by atomic mass is 9.97. The molecule has 0 N–H and O–H groups in total. The van der Waals surface area contributed by atoms with Crippen LogP contribution in [0.15, 0.2) is 42.5 Å². The Morgan fingerprint density at radius 1 is 0.950 bits per heavy atom. The summed E-state index contributed by atoms with van der Waals surface area (Å²) in [7, 11) is 0. The third-order valence-electron chi connectivity index (χ3n) is 3.12. The predicted molar refractivity (Wildman–Crippen MR) is 86.7 cm³/mol. The summed E-state index contributed by atoms with van der Waals surface area (Å²) >= 11 is 18.5. The van der Waals surface area contributed by atoms with E-state index in [0.717, 1.165) is 16.5 Å². The highest BCUT2D eigenvalue weighted by Crippen LogP contribution is 2.38. The van der Waals surface area contributed by atoms with Gasteiger partial charge in [-0.1, -0.05) is 65.1 Å². The molecule has 20 heavy (non-hydrogen) atoms. The van der Waals surface area contributed by atoms with Gasteiger partial charge in [-0.15, -0.1) is 0 Å². The molecule has 1 nitrogen and oxygen atoms in total. The first-order valence-electron chi connectivity index (χ1n) is 5.93. The van der Waals surface area contributed by atoms with Crippen molar-refractivity contribution in [3.63, 3.8) is 0 Å². The average molecular weight is 322 g/mol. The molecule has 0 atom stereocenters. The van der Waals surface area contributed by atoms with E-state index in [4.69, 9.17) is 34.8 Å². The quantitative estimate of drug-likeness (QED) is 0.498. The fraction of sp³-hybridized carbons (Fsp3) is 0. The molecule has 0 spiro atoms. The molecule has 0 amide bonds. The molecule has 0 aliphatic heterocycles. The van der Waals surface area contributed by atoms with Crippen LogP contribution >= 0.6 is 34.8 Å². The number of hydrogen-bond donors (Lipinski definition) is 0. The number of aromatic nitrogens is 1. The van der Waals surface area contributed by atoms with E-state index in [1.807, 2.05) is 36.4 Å². The van der Waals surface area contributed by atoms with Gasteiger partial charge < -0.3 is 0 Å². The minimum atomic E-state index is 0.348. The molecule has 3 aromatic rings. The van der Waals surface area contributed by atoms with Crippen molar-refractivity contribution in [3.05, 3.63) is 70.2 Å². The number of fused-ring (bicyclic) bond motifs is 1. The molecule has 1 aromatic heterocycles. The van der Waals surface area contributed by atoms with Gasteiger partial charge >= 0.3 is 0 Å². The van der Waals surface area contributed by atoms with Crippen LogP contribution in [0.5, 0.6) is 0 Å². The highest BCUT2D eigenvalue weighted by Gasteiger charge is 2.15. The van der Waals surface area contributed by atoms with Crippen LogP contribution in [-0.2, 0) is 0 Å². The highest BCUT2D eigenvalue weighted by atomic mass is 35.5. The summed E-state index contributed by atoms with van der Waals surface area (Å²) in [4.78, 5) is 4.31. The molecule has 3 rings (SSSR count). The van der Waals surface area contributed by atoms with Gasteiger partial charge in [0.05, 0.1) is 10.5 Å². The Morgan fingerprint density at radius 2 is 1.65 bits per heavy atom. The van der Waals surface area contributed by atoms with Gasteiger partial charge in [-0.05, 0) is 35.7 Å². The van der Waals surface area contributed by atoms with Crippen molar-refractivity contribution in [2.75, 3.05) is 0 Å². The third-order valence-corrected chi connectivity index (χ3v) is 3.94. The molecule has 2 aromatic carbocycles. The third kappa shape index (κ3) is 2.26. The van der Waals surface area contributed by atoms with E-state index in [1.54, 1.807) is 6.07 Å². The van der Waals surface area contributed by atoms with Crippen molar-refractivity contribution in [1.82, 2.24) is 4.98 Å². The average Bonchev–Trinajstić information content (AvgIpc) is 2.42. The Morgan fingerprint density at radius 3 is 2.35 bits per heavy atom. The van der Waals surface area contributed by atoms with Crippen LogP contribution in [0, 0.1) is 6.92 Å². The van der Waals surface area contributed by atoms with Crippen molar-refractivity contribution in [2.24, 2.45) is 0 Å². The largest absolute Gasteiger partial charge is 0.234 e. The normalized spacial score (nSPS) is 11.0. The summed E-state index contributed by atoms with van der Waals surface area (Å²) in [5, 5.41) is 2.23. The first-order chi connectivity index (χ1) is 9.58. The molecule has 0 bridgehead atoms. The lowest BCUT2D eigenvalue weighted by Crippen LogP contribution is -1.92. The van der Waals surface area contributed by atoms with Crippen LogP contribution in [0.25, 0.3) is 22.0 Å². The molecule has 0 aliphatic rings. The van der Waals surface area contributed by atoms with Crippen LogP contribution in [-0.4, -0.2) is 4.98 Å². The fourth-order valence-electron chi connectivity index (χ4n) is 2.24. The minimum Gasteiger partial charge on any atom is -0.234 e. The monoisotopic (exact) mass is 320 g/mol. The van der Waals surface area contributed by atoms with Crippen molar-refractivity contribution in [3.8, 4) is 11.1 Å². The van der Waals surface area contributed by atoms with Crippen LogP contribution in [0.4, 0.5) is 0 Å². The maximum atomic E-state index is 6.22. The molecular formula is C16H9Cl3N. The fourth-order valence-corrected chi connectivity index (χ4v) is 2.95. The summed E-state index contributed by atoms with van der Waals surface area (Å²) in [6, 6.07) is 13.4. The lowest BCUT2D eigenvalue weighted by molar-refractivity contribution is 1.38. The predicted octanol–water partition coefficient (Wildman–Crippen LogP) is 6.04. The minimum absolute atomic E-state index is 0.348. The van der Waals surface area contributed by atoms with E-state index < -0.39 is 0 Å². The summed E-state index contributed by atoms with van der Waals surface area (Å²) in [6.45, 7) is 4.03. The second-order valence-corrected chi connectivity index (χ2v) is 5.61. The number of nitrogens with zero attached hydrogens (tertiary/aromatic N) is 1. The first kappa shape index (κ1) is 13.7. The number of rotatable bonds is 1. The summed E-state index contributed by atoms with van der Waals surface area (Å²) < 4.78 is 0. The number of benzene rings is 2. The molecule has 0 saturated heterocycles. The molecule has 0 aliphatic carbocycles.